The smallest absolute Gasteiger partial charge is 0.270 e. The number of benzene rings is 1. The van der Waals surface area contributed by atoms with Gasteiger partial charge in [0.1, 0.15) is 6.67 Å². The highest BCUT2D eigenvalue weighted by molar-refractivity contribution is 8.13. The fraction of sp³-hybridized carbons (Fsp3) is 0.286. The summed E-state index contributed by atoms with van der Waals surface area (Å²) in [6.45, 7) is 0.554. The van der Waals surface area contributed by atoms with Gasteiger partial charge in [0.25, 0.3) is 6.49 Å². The summed E-state index contributed by atoms with van der Waals surface area (Å²) in [6.07, 6.45) is 0. The maximum absolute atomic E-state index is 12.8. The van der Waals surface area contributed by atoms with Crippen molar-refractivity contribution < 1.29 is 13.4 Å². The fourth-order valence-corrected chi connectivity index (χ4v) is 4.20. The Hall–Kier alpha value is -1.36. The predicted octanol–water partition coefficient (Wildman–Crippen LogP) is 3.30. The Labute approximate surface area is 128 Å². The minimum absolute atomic E-state index is 0.0797. The number of aryl methyl sites for hydroxylation is 1. The molecule has 0 amide bonds. The van der Waals surface area contributed by atoms with E-state index in [9.17, 15) is 4.39 Å². The van der Waals surface area contributed by atoms with Crippen LogP contribution in [0.4, 0.5) is 4.39 Å². The van der Waals surface area contributed by atoms with Crippen LogP contribution in [0, 0.1) is 6.92 Å². The lowest BCUT2D eigenvalue weighted by Gasteiger charge is -2.22. The lowest BCUT2D eigenvalue weighted by molar-refractivity contribution is 0.335. The summed E-state index contributed by atoms with van der Waals surface area (Å²) in [7, 11) is 0. The van der Waals surface area contributed by atoms with Gasteiger partial charge in [-0.1, -0.05) is 18.2 Å². The van der Waals surface area contributed by atoms with E-state index in [4.69, 9.17) is 20.9 Å². The van der Waals surface area contributed by atoms with Crippen LogP contribution in [0.3, 0.4) is 0 Å². The maximum atomic E-state index is 12.8. The largest absolute Gasteiger partial charge is 0.422 e. The summed E-state index contributed by atoms with van der Waals surface area (Å²) >= 11 is 5.58. The van der Waals surface area contributed by atoms with E-state index >= 15 is 0 Å². The Bertz CT molecular complexity index is 655. The number of hydrogen-bond donors (Lipinski definition) is 0. The first-order valence-electron chi connectivity index (χ1n) is 6.47. The Morgan fingerprint density at radius 2 is 1.95 bits per heavy atom. The average molecular weight is 326 g/mol. The molecule has 0 saturated carbocycles. The fourth-order valence-electron chi connectivity index (χ4n) is 1.76. The predicted molar refractivity (Wildman–Crippen MR) is 84.2 cm³/mol. The monoisotopic (exact) mass is 326 g/mol. The molecule has 0 bridgehead atoms. The molecule has 112 valence electrons. The second kappa shape index (κ2) is 7.07. The second-order valence-electron chi connectivity index (χ2n) is 4.24. The Morgan fingerprint density at radius 3 is 2.57 bits per heavy atom. The molecule has 1 aromatic carbocycles. The van der Waals surface area contributed by atoms with Gasteiger partial charge in [-0.3, -0.25) is 0 Å². The van der Waals surface area contributed by atoms with Gasteiger partial charge >= 0.3 is 0 Å². The topological polar surface area (TPSA) is 44.2 Å². The molecule has 0 aliphatic carbocycles. The van der Waals surface area contributed by atoms with Crippen molar-refractivity contribution in [3.63, 3.8) is 0 Å². The lowest BCUT2D eigenvalue weighted by Crippen LogP contribution is -2.13. The quantitative estimate of drug-likeness (QED) is 0.762. The molecular weight excluding hydrogens is 310 g/mol. The third-order valence-corrected chi connectivity index (χ3v) is 5.71. The van der Waals surface area contributed by atoms with Gasteiger partial charge in [-0.2, -0.15) is 4.98 Å². The first kappa shape index (κ1) is 16.0. The minimum Gasteiger partial charge on any atom is -0.422 e. The molecule has 4 nitrogen and oxygen atoms in total. The van der Waals surface area contributed by atoms with E-state index in [1.807, 2.05) is 37.3 Å². The van der Waals surface area contributed by atoms with Crippen molar-refractivity contribution in [1.29, 1.82) is 0 Å². The molecule has 1 aromatic heterocycles. The van der Waals surface area contributed by atoms with Gasteiger partial charge in [0.05, 0.1) is 6.61 Å². The second-order valence-corrected chi connectivity index (χ2v) is 7.63. The highest BCUT2D eigenvalue weighted by atomic mass is 32.5. The zero-order chi connectivity index (χ0) is 15.3. The Morgan fingerprint density at radius 1 is 1.24 bits per heavy atom. The standard InChI is InChI=1S/C14H16FN2O2PS/c1-3-18-20(21,12-7-5-4-6-8-12)19-14-9-11(2)16-13(10-15)17-14/h4-9H,3,10H2,1-2H3. The van der Waals surface area contributed by atoms with Gasteiger partial charge in [-0.15, -0.1) is 0 Å². The molecule has 1 heterocycles. The van der Waals surface area contributed by atoms with E-state index in [1.54, 1.807) is 13.0 Å². The molecule has 0 radical (unpaired) electrons. The third kappa shape index (κ3) is 4.06. The van der Waals surface area contributed by atoms with E-state index in [2.05, 4.69) is 9.97 Å². The first-order chi connectivity index (χ1) is 10.1. The highest BCUT2D eigenvalue weighted by Crippen LogP contribution is 2.47. The van der Waals surface area contributed by atoms with Crippen LogP contribution in [0.25, 0.3) is 0 Å². The molecule has 2 rings (SSSR count). The zero-order valence-corrected chi connectivity index (χ0v) is 13.5. The van der Waals surface area contributed by atoms with Gasteiger partial charge in [0, 0.05) is 17.1 Å². The number of aromatic nitrogens is 2. The molecule has 1 unspecified atom stereocenters. The lowest BCUT2D eigenvalue weighted by atomic mass is 10.4. The molecule has 0 fully saturated rings. The van der Waals surface area contributed by atoms with Crippen molar-refractivity contribution in [1.82, 2.24) is 9.97 Å². The minimum atomic E-state index is -2.72. The molecule has 0 saturated heterocycles. The molecule has 0 spiro atoms. The molecule has 1 atom stereocenters. The van der Waals surface area contributed by atoms with Crippen molar-refractivity contribution in [2.75, 3.05) is 6.61 Å². The summed E-state index contributed by atoms with van der Waals surface area (Å²) in [4.78, 5) is 7.99. The van der Waals surface area contributed by atoms with Crippen LogP contribution < -0.4 is 9.83 Å². The molecule has 21 heavy (non-hydrogen) atoms. The molecule has 7 heteroatoms. The highest BCUT2D eigenvalue weighted by Gasteiger charge is 2.24. The first-order valence-corrected chi connectivity index (χ1v) is 9.11. The van der Waals surface area contributed by atoms with Crippen LogP contribution in [0.2, 0.25) is 0 Å². The molecule has 2 aromatic rings. The van der Waals surface area contributed by atoms with Crippen LogP contribution in [0.5, 0.6) is 5.88 Å². The van der Waals surface area contributed by atoms with Crippen LogP contribution in [-0.4, -0.2) is 16.6 Å². The van der Waals surface area contributed by atoms with Gasteiger partial charge in [0.2, 0.25) is 5.88 Å². The van der Waals surface area contributed by atoms with Crippen molar-refractivity contribution in [3.8, 4) is 5.88 Å². The summed E-state index contributed by atoms with van der Waals surface area (Å²) in [5.41, 5.74) is 0.624. The summed E-state index contributed by atoms with van der Waals surface area (Å²) < 4.78 is 24.3. The number of hydrogen-bond acceptors (Lipinski definition) is 5. The van der Waals surface area contributed by atoms with Crippen LogP contribution in [0.15, 0.2) is 36.4 Å². The van der Waals surface area contributed by atoms with Crippen molar-refractivity contribution >= 4 is 23.6 Å². The SMILES string of the molecule is CCOP(=S)(Oc1cc(C)nc(CF)n1)c1ccccc1. The molecular formula is C14H16FN2O2PS. The van der Waals surface area contributed by atoms with Crippen LogP contribution in [-0.2, 0) is 23.0 Å². The van der Waals surface area contributed by atoms with Crippen LogP contribution >= 0.6 is 6.49 Å². The molecule has 0 N–H and O–H groups in total. The Balaban J connectivity index is 2.37. The maximum Gasteiger partial charge on any atom is 0.270 e. The number of alkyl halides is 1. The van der Waals surface area contributed by atoms with E-state index in [1.165, 1.54) is 0 Å². The molecule has 0 aliphatic heterocycles. The van der Waals surface area contributed by atoms with E-state index < -0.39 is 13.2 Å². The van der Waals surface area contributed by atoms with Gasteiger partial charge in [-0.05, 0) is 37.8 Å². The normalized spacial score (nSPS) is 13.7. The number of nitrogens with zero attached hydrogens (tertiary/aromatic N) is 2. The third-order valence-electron chi connectivity index (χ3n) is 2.58. The summed E-state index contributed by atoms with van der Waals surface area (Å²) in [5.74, 6) is 0.326. The zero-order valence-electron chi connectivity index (χ0n) is 11.8. The van der Waals surface area contributed by atoms with Gasteiger partial charge in [0.15, 0.2) is 5.82 Å². The summed E-state index contributed by atoms with van der Waals surface area (Å²) in [6, 6.07) is 11.0. The van der Waals surface area contributed by atoms with Crippen molar-refractivity contribution in [2.24, 2.45) is 0 Å². The summed E-state index contributed by atoms with van der Waals surface area (Å²) in [5, 5.41) is 0.792. The average Bonchev–Trinajstić information content (AvgIpc) is 2.47. The molecule has 0 aliphatic rings. The van der Waals surface area contributed by atoms with Crippen LogP contribution in [0.1, 0.15) is 18.4 Å². The van der Waals surface area contributed by atoms with Gasteiger partial charge in [-0.25, -0.2) is 9.37 Å². The number of halogens is 1. The van der Waals surface area contributed by atoms with Gasteiger partial charge < -0.3 is 9.05 Å². The van der Waals surface area contributed by atoms with Crippen molar-refractivity contribution in [2.45, 2.75) is 20.5 Å². The number of rotatable bonds is 6. The Kier molecular flexibility index (Phi) is 5.39. The van der Waals surface area contributed by atoms with E-state index in [0.29, 0.717) is 12.3 Å². The van der Waals surface area contributed by atoms with E-state index in [-0.39, 0.29) is 11.7 Å². The van der Waals surface area contributed by atoms with E-state index in [0.717, 1.165) is 5.30 Å². The van der Waals surface area contributed by atoms with Crippen molar-refractivity contribution in [3.05, 3.63) is 47.9 Å².